The van der Waals surface area contributed by atoms with Crippen molar-refractivity contribution >= 4 is 5.65 Å². The second-order valence-corrected chi connectivity index (χ2v) is 5.86. The molecule has 0 aromatic carbocycles. The van der Waals surface area contributed by atoms with Crippen molar-refractivity contribution in [2.75, 3.05) is 7.05 Å². The van der Waals surface area contributed by atoms with Gasteiger partial charge in [-0.2, -0.15) is 4.98 Å². The van der Waals surface area contributed by atoms with Crippen LogP contribution in [0.5, 0.6) is 0 Å². The lowest BCUT2D eigenvalue weighted by Crippen LogP contribution is -2.34. The van der Waals surface area contributed by atoms with Gasteiger partial charge in [0.1, 0.15) is 29.5 Å². The Kier molecular flexibility index (Phi) is 2.77. The van der Waals surface area contributed by atoms with Gasteiger partial charge in [0.15, 0.2) is 0 Å². The Morgan fingerprint density at radius 1 is 1.29 bits per heavy atom. The molecule has 4 aromatic heterocycles. The summed E-state index contributed by atoms with van der Waals surface area (Å²) in [6.07, 6.45) is 5.42. The standard InChI is InChI=1S/C15H14N8O/c1-21-8-13-19-17-9-22(13)7-11(21)15-18-14(20-24-15)10-6-16-12-4-2-3-5-23(10)12/h2-6,9,11H,7-8H2,1H3. The molecule has 1 atom stereocenters. The molecule has 1 aliphatic rings. The average molecular weight is 322 g/mol. The minimum atomic E-state index is -0.00562. The number of imidazole rings is 1. The molecule has 5 heterocycles. The van der Waals surface area contributed by atoms with Gasteiger partial charge in [0.05, 0.1) is 12.7 Å². The van der Waals surface area contributed by atoms with Crippen LogP contribution in [-0.4, -0.2) is 46.2 Å². The Balaban J connectivity index is 1.52. The van der Waals surface area contributed by atoms with Crippen LogP contribution in [0.25, 0.3) is 17.2 Å². The van der Waals surface area contributed by atoms with Crippen molar-refractivity contribution in [2.45, 2.75) is 19.1 Å². The average Bonchev–Trinajstić information content (AvgIpc) is 3.32. The second-order valence-electron chi connectivity index (χ2n) is 5.86. The van der Waals surface area contributed by atoms with Crippen LogP contribution < -0.4 is 0 Å². The predicted octanol–water partition coefficient (Wildman–Crippen LogP) is 1.16. The number of pyridine rings is 1. The van der Waals surface area contributed by atoms with Crippen LogP contribution >= 0.6 is 0 Å². The van der Waals surface area contributed by atoms with Gasteiger partial charge in [-0.3, -0.25) is 9.30 Å². The third-order valence-electron chi connectivity index (χ3n) is 4.36. The molecule has 0 N–H and O–H groups in total. The normalized spacial score (nSPS) is 18.1. The first-order chi connectivity index (χ1) is 11.8. The molecule has 9 heteroatoms. The van der Waals surface area contributed by atoms with Crippen LogP contribution in [0.4, 0.5) is 0 Å². The Bertz CT molecular complexity index is 1020. The van der Waals surface area contributed by atoms with E-state index in [0.717, 1.165) is 17.2 Å². The minimum Gasteiger partial charge on any atom is -0.337 e. The van der Waals surface area contributed by atoms with Crippen LogP contribution in [0.15, 0.2) is 41.4 Å². The summed E-state index contributed by atoms with van der Waals surface area (Å²) in [7, 11) is 2.01. The SMILES string of the molecule is CN1Cc2nncn2CC1c1nc(-c2cnc3ccccn23)no1. The maximum Gasteiger partial charge on any atom is 0.246 e. The summed E-state index contributed by atoms with van der Waals surface area (Å²) in [5.41, 5.74) is 1.66. The fraction of sp³-hybridized carbons (Fsp3) is 0.267. The third-order valence-corrected chi connectivity index (χ3v) is 4.36. The highest BCUT2D eigenvalue weighted by Crippen LogP contribution is 2.28. The van der Waals surface area contributed by atoms with Crippen molar-refractivity contribution in [2.24, 2.45) is 0 Å². The summed E-state index contributed by atoms with van der Waals surface area (Å²) < 4.78 is 9.50. The van der Waals surface area contributed by atoms with Crippen molar-refractivity contribution in [1.82, 2.24) is 39.2 Å². The first kappa shape index (κ1) is 13.4. The summed E-state index contributed by atoms with van der Waals surface area (Å²) in [6, 6.07) is 5.82. The van der Waals surface area contributed by atoms with Crippen LogP contribution in [0.1, 0.15) is 17.8 Å². The predicted molar refractivity (Wildman–Crippen MR) is 82.7 cm³/mol. The zero-order valence-corrected chi connectivity index (χ0v) is 12.9. The van der Waals surface area contributed by atoms with Gasteiger partial charge in [-0.15, -0.1) is 10.2 Å². The Morgan fingerprint density at radius 3 is 3.21 bits per heavy atom. The molecule has 4 aromatic rings. The van der Waals surface area contributed by atoms with Crippen molar-refractivity contribution in [3.63, 3.8) is 0 Å². The summed E-state index contributed by atoms with van der Waals surface area (Å²) in [6.45, 7) is 1.38. The van der Waals surface area contributed by atoms with Crippen LogP contribution in [-0.2, 0) is 13.1 Å². The maximum absolute atomic E-state index is 5.54. The molecule has 0 saturated carbocycles. The van der Waals surface area contributed by atoms with Gasteiger partial charge in [-0.1, -0.05) is 11.2 Å². The van der Waals surface area contributed by atoms with Gasteiger partial charge in [0, 0.05) is 12.7 Å². The lowest BCUT2D eigenvalue weighted by molar-refractivity contribution is 0.139. The first-order valence-electron chi connectivity index (χ1n) is 7.62. The molecule has 5 rings (SSSR count). The van der Waals surface area contributed by atoms with E-state index in [1.54, 1.807) is 12.5 Å². The molecule has 0 saturated heterocycles. The van der Waals surface area contributed by atoms with Crippen LogP contribution in [0.2, 0.25) is 0 Å². The molecule has 24 heavy (non-hydrogen) atoms. The van der Waals surface area contributed by atoms with Crippen LogP contribution in [0.3, 0.4) is 0 Å². The number of likely N-dealkylation sites (N-methyl/N-ethyl adjacent to an activating group) is 1. The second kappa shape index (κ2) is 4.96. The monoisotopic (exact) mass is 322 g/mol. The van der Waals surface area contributed by atoms with Crippen LogP contribution in [0, 0.1) is 0 Å². The summed E-state index contributed by atoms with van der Waals surface area (Å²) >= 11 is 0. The van der Waals surface area contributed by atoms with Gasteiger partial charge in [-0.25, -0.2) is 4.98 Å². The maximum atomic E-state index is 5.54. The zero-order chi connectivity index (χ0) is 16.1. The van der Waals surface area contributed by atoms with E-state index in [4.69, 9.17) is 4.52 Å². The molecule has 1 unspecified atom stereocenters. The molecule has 0 bridgehead atoms. The molecule has 1 aliphatic heterocycles. The summed E-state index contributed by atoms with van der Waals surface area (Å²) in [4.78, 5) is 11.1. The first-order valence-corrected chi connectivity index (χ1v) is 7.62. The fourth-order valence-electron chi connectivity index (χ4n) is 3.05. The number of nitrogens with zero attached hydrogens (tertiary/aromatic N) is 8. The summed E-state index contributed by atoms with van der Waals surface area (Å²) in [5.74, 6) is 2.06. The number of hydrogen-bond donors (Lipinski definition) is 0. The van der Waals surface area contributed by atoms with Crippen molar-refractivity contribution in [3.05, 3.63) is 48.6 Å². The summed E-state index contributed by atoms with van der Waals surface area (Å²) in [5, 5.41) is 12.2. The Labute approximate surface area is 136 Å². The van der Waals surface area contributed by atoms with E-state index in [2.05, 4.69) is 30.2 Å². The number of fused-ring (bicyclic) bond motifs is 2. The highest BCUT2D eigenvalue weighted by atomic mass is 16.5. The van der Waals surface area contributed by atoms with Crippen molar-refractivity contribution < 1.29 is 4.52 Å². The van der Waals surface area contributed by atoms with Gasteiger partial charge < -0.3 is 9.09 Å². The van der Waals surface area contributed by atoms with E-state index in [-0.39, 0.29) is 6.04 Å². The fourth-order valence-corrected chi connectivity index (χ4v) is 3.05. The van der Waals surface area contributed by atoms with E-state index < -0.39 is 0 Å². The van der Waals surface area contributed by atoms with Gasteiger partial charge in [0.25, 0.3) is 0 Å². The Morgan fingerprint density at radius 2 is 2.25 bits per heavy atom. The molecule has 0 amide bonds. The van der Waals surface area contributed by atoms with E-state index in [1.165, 1.54) is 0 Å². The molecule has 0 aliphatic carbocycles. The quantitative estimate of drug-likeness (QED) is 0.547. The molecule has 0 fully saturated rings. The van der Waals surface area contributed by atoms with Crippen molar-refractivity contribution in [1.29, 1.82) is 0 Å². The topological polar surface area (TPSA) is 90.2 Å². The lowest BCUT2D eigenvalue weighted by Gasteiger charge is -2.29. The van der Waals surface area contributed by atoms with Gasteiger partial charge >= 0.3 is 0 Å². The Hall–Kier alpha value is -3.07. The smallest absolute Gasteiger partial charge is 0.246 e. The highest BCUT2D eigenvalue weighted by Gasteiger charge is 2.30. The van der Waals surface area contributed by atoms with E-state index in [0.29, 0.717) is 24.8 Å². The number of rotatable bonds is 2. The molecule has 0 radical (unpaired) electrons. The molecule has 120 valence electrons. The molecular formula is C15H14N8O. The van der Waals surface area contributed by atoms with Gasteiger partial charge in [-0.05, 0) is 19.2 Å². The number of aromatic nitrogens is 7. The van der Waals surface area contributed by atoms with Gasteiger partial charge in [0.2, 0.25) is 11.7 Å². The lowest BCUT2D eigenvalue weighted by atomic mass is 10.2. The zero-order valence-electron chi connectivity index (χ0n) is 12.9. The van der Waals surface area contributed by atoms with E-state index >= 15 is 0 Å². The number of hydrogen-bond acceptors (Lipinski definition) is 7. The van der Waals surface area contributed by atoms with E-state index in [9.17, 15) is 0 Å². The van der Waals surface area contributed by atoms with E-state index in [1.807, 2.05) is 40.4 Å². The highest BCUT2D eigenvalue weighted by molar-refractivity contribution is 5.56. The largest absolute Gasteiger partial charge is 0.337 e. The third kappa shape index (κ3) is 1.95. The molecule has 0 spiro atoms. The van der Waals surface area contributed by atoms with Crippen molar-refractivity contribution in [3.8, 4) is 11.5 Å². The molecule has 9 nitrogen and oxygen atoms in total. The minimum absolute atomic E-state index is 0.00562. The molecular weight excluding hydrogens is 308 g/mol.